The van der Waals surface area contributed by atoms with Crippen molar-refractivity contribution in [2.45, 2.75) is 32.9 Å². The lowest BCUT2D eigenvalue weighted by atomic mass is 10.0. The number of carbonyl (C=O) groups excluding carboxylic acids is 1. The first-order chi connectivity index (χ1) is 10.4. The topological polar surface area (TPSA) is 71.7 Å². The van der Waals surface area contributed by atoms with Crippen LogP contribution in [0.15, 0.2) is 12.1 Å². The van der Waals surface area contributed by atoms with Crippen LogP contribution in [-0.2, 0) is 22.5 Å². The Hall–Kier alpha value is -1.92. The molecule has 0 aliphatic rings. The average molecular weight is 309 g/mol. The summed E-state index contributed by atoms with van der Waals surface area (Å²) in [4.78, 5) is 11.6. The second-order valence-electron chi connectivity index (χ2n) is 5.26. The molecule has 0 spiro atoms. The third kappa shape index (κ3) is 2.84. The van der Waals surface area contributed by atoms with Gasteiger partial charge >= 0.3 is 5.97 Å². The molecule has 2 aromatic rings. The summed E-state index contributed by atoms with van der Waals surface area (Å²) in [6, 6.07) is 2.90. The van der Waals surface area contributed by atoms with E-state index in [9.17, 15) is 19.4 Å². The highest BCUT2D eigenvalue weighted by Gasteiger charge is 2.20. The number of fused-ring (bicyclic) bond motifs is 1. The van der Waals surface area contributed by atoms with Crippen molar-refractivity contribution in [2.24, 2.45) is 0 Å². The zero-order valence-corrected chi connectivity index (χ0v) is 12.9. The number of esters is 1. The number of aliphatic hydroxyl groups excluding tert-OH is 2. The highest BCUT2D eigenvalue weighted by Crippen LogP contribution is 2.31. The number of rotatable bonds is 5. The van der Waals surface area contributed by atoms with E-state index in [2.05, 4.69) is 0 Å². The number of ether oxygens (including phenoxy) is 1. The maximum atomic E-state index is 14.1. The van der Waals surface area contributed by atoms with Crippen LogP contribution in [0.25, 0.3) is 10.9 Å². The minimum atomic E-state index is -0.947. The summed E-state index contributed by atoms with van der Waals surface area (Å²) in [6.45, 7) is 3.51. The van der Waals surface area contributed by atoms with Gasteiger partial charge in [-0.2, -0.15) is 0 Å². The number of halogens is 1. The minimum absolute atomic E-state index is 0.0577. The molecule has 120 valence electrons. The van der Waals surface area contributed by atoms with Crippen molar-refractivity contribution in [3.63, 3.8) is 0 Å². The lowest BCUT2D eigenvalue weighted by Crippen LogP contribution is -2.07. The Morgan fingerprint density at radius 1 is 1.45 bits per heavy atom. The quantitative estimate of drug-likeness (QED) is 0.827. The van der Waals surface area contributed by atoms with Crippen molar-refractivity contribution in [3.05, 3.63) is 34.8 Å². The second-order valence-corrected chi connectivity index (χ2v) is 5.26. The van der Waals surface area contributed by atoms with Crippen molar-refractivity contribution >= 4 is 16.9 Å². The third-order valence-electron chi connectivity index (χ3n) is 3.90. The van der Waals surface area contributed by atoms with Gasteiger partial charge in [0.2, 0.25) is 0 Å². The maximum absolute atomic E-state index is 14.1. The molecule has 0 aliphatic heterocycles. The largest absolute Gasteiger partial charge is 0.469 e. The Morgan fingerprint density at radius 2 is 2.14 bits per heavy atom. The van der Waals surface area contributed by atoms with Crippen molar-refractivity contribution in [1.29, 1.82) is 0 Å². The summed E-state index contributed by atoms with van der Waals surface area (Å²) >= 11 is 0. The Morgan fingerprint density at radius 3 is 2.68 bits per heavy atom. The monoisotopic (exact) mass is 309 g/mol. The average Bonchev–Trinajstić information content (AvgIpc) is 2.71. The van der Waals surface area contributed by atoms with E-state index < -0.39 is 17.9 Å². The van der Waals surface area contributed by atoms with Gasteiger partial charge in [0.1, 0.15) is 5.82 Å². The van der Waals surface area contributed by atoms with Crippen LogP contribution in [0.4, 0.5) is 4.39 Å². The van der Waals surface area contributed by atoms with E-state index in [-0.39, 0.29) is 18.6 Å². The predicted octanol–water partition coefficient (Wildman–Crippen LogP) is 1.85. The van der Waals surface area contributed by atoms with Gasteiger partial charge in [0, 0.05) is 23.2 Å². The number of nitrogens with zero attached hydrogens (tertiary/aromatic N) is 1. The number of carbonyl (C=O) groups is 1. The van der Waals surface area contributed by atoms with E-state index in [1.165, 1.54) is 20.1 Å². The van der Waals surface area contributed by atoms with Gasteiger partial charge in [-0.15, -0.1) is 0 Å². The molecule has 0 radical (unpaired) electrons. The van der Waals surface area contributed by atoms with Gasteiger partial charge < -0.3 is 19.5 Å². The Balaban J connectivity index is 2.72. The number of aliphatic hydroxyl groups is 2. The Bertz CT molecular complexity index is 706. The van der Waals surface area contributed by atoms with Crippen molar-refractivity contribution in [2.75, 3.05) is 13.7 Å². The lowest BCUT2D eigenvalue weighted by Gasteiger charge is -2.09. The molecule has 5 nitrogen and oxygen atoms in total. The van der Waals surface area contributed by atoms with Crippen LogP contribution in [0, 0.1) is 12.7 Å². The van der Waals surface area contributed by atoms with Crippen LogP contribution >= 0.6 is 0 Å². The first kappa shape index (κ1) is 16.5. The zero-order valence-electron chi connectivity index (χ0n) is 12.9. The van der Waals surface area contributed by atoms with Gasteiger partial charge in [-0.05, 0) is 31.5 Å². The number of hydrogen-bond donors (Lipinski definition) is 2. The predicted molar refractivity (Wildman–Crippen MR) is 80.1 cm³/mol. The molecule has 0 saturated carbocycles. The second kappa shape index (κ2) is 6.46. The minimum Gasteiger partial charge on any atom is -0.469 e. The van der Waals surface area contributed by atoms with E-state index in [1.54, 1.807) is 10.6 Å². The maximum Gasteiger partial charge on any atom is 0.310 e. The summed E-state index contributed by atoms with van der Waals surface area (Å²) in [5.41, 5.74) is 2.26. The summed E-state index contributed by atoms with van der Waals surface area (Å²) in [5, 5.41) is 19.6. The van der Waals surface area contributed by atoms with E-state index in [0.717, 1.165) is 11.3 Å². The molecule has 0 fully saturated rings. The Kier molecular flexibility index (Phi) is 4.83. The fourth-order valence-electron chi connectivity index (χ4n) is 2.73. The van der Waals surface area contributed by atoms with Gasteiger partial charge in [0.05, 0.1) is 31.8 Å². The molecule has 1 unspecified atom stereocenters. The summed E-state index contributed by atoms with van der Waals surface area (Å²) in [7, 11) is 1.31. The molecule has 0 bridgehead atoms. The van der Waals surface area contributed by atoms with Gasteiger partial charge in [-0.1, -0.05) is 0 Å². The molecule has 2 rings (SSSR count). The number of methoxy groups -OCH3 is 1. The van der Waals surface area contributed by atoms with Gasteiger partial charge in [-0.3, -0.25) is 4.79 Å². The summed E-state index contributed by atoms with van der Waals surface area (Å²) in [6.07, 6.45) is -0.890. The SMILES string of the molecule is COC(=O)Cc1c(C)n(CCO)c2cc(F)c(C(C)O)cc12. The standard InChI is InChI=1S/C16H20FNO4/c1-9-11(7-16(21)22-3)13-6-12(10(2)20)14(17)8-15(13)18(9)4-5-19/h6,8,10,19-20H,4-5,7H2,1-3H3. The van der Waals surface area contributed by atoms with E-state index in [1.807, 2.05) is 6.92 Å². The smallest absolute Gasteiger partial charge is 0.310 e. The molecular weight excluding hydrogens is 289 g/mol. The summed E-state index contributed by atoms with van der Waals surface area (Å²) in [5.74, 6) is -0.905. The summed E-state index contributed by atoms with van der Waals surface area (Å²) < 4.78 is 20.6. The number of benzene rings is 1. The lowest BCUT2D eigenvalue weighted by molar-refractivity contribution is -0.139. The van der Waals surface area contributed by atoms with Gasteiger partial charge in [-0.25, -0.2) is 4.39 Å². The van der Waals surface area contributed by atoms with Gasteiger partial charge in [0.15, 0.2) is 0 Å². The highest BCUT2D eigenvalue weighted by atomic mass is 19.1. The first-order valence-electron chi connectivity index (χ1n) is 7.07. The van der Waals surface area contributed by atoms with E-state index >= 15 is 0 Å². The highest BCUT2D eigenvalue weighted by molar-refractivity contribution is 5.90. The molecule has 22 heavy (non-hydrogen) atoms. The number of aromatic nitrogens is 1. The van der Waals surface area contributed by atoms with Crippen molar-refractivity contribution < 1.29 is 24.1 Å². The van der Waals surface area contributed by atoms with Crippen LogP contribution in [0.5, 0.6) is 0 Å². The van der Waals surface area contributed by atoms with E-state index in [4.69, 9.17) is 4.74 Å². The molecule has 1 aromatic carbocycles. The van der Waals surface area contributed by atoms with Gasteiger partial charge in [0.25, 0.3) is 0 Å². The normalized spacial score (nSPS) is 12.6. The molecular formula is C16H20FNO4. The van der Waals surface area contributed by atoms with Crippen LogP contribution < -0.4 is 0 Å². The van der Waals surface area contributed by atoms with Crippen molar-refractivity contribution in [3.8, 4) is 0 Å². The van der Waals surface area contributed by atoms with Crippen LogP contribution in [0.1, 0.15) is 29.8 Å². The molecule has 0 saturated heterocycles. The zero-order chi connectivity index (χ0) is 16.4. The molecule has 1 aromatic heterocycles. The van der Waals surface area contributed by atoms with Crippen molar-refractivity contribution in [1.82, 2.24) is 4.57 Å². The molecule has 0 aliphatic carbocycles. The van der Waals surface area contributed by atoms with Crippen LogP contribution in [0.3, 0.4) is 0 Å². The third-order valence-corrected chi connectivity index (χ3v) is 3.90. The fourth-order valence-corrected chi connectivity index (χ4v) is 2.73. The molecule has 0 amide bonds. The molecule has 2 N–H and O–H groups in total. The fraction of sp³-hybridized carbons (Fsp3) is 0.438. The first-order valence-corrected chi connectivity index (χ1v) is 7.07. The number of hydrogen-bond acceptors (Lipinski definition) is 4. The van der Waals surface area contributed by atoms with Crippen LogP contribution in [0.2, 0.25) is 0 Å². The van der Waals surface area contributed by atoms with E-state index in [0.29, 0.717) is 17.4 Å². The molecule has 6 heteroatoms. The molecule has 1 heterocycles. The van der Waals surface area contributed by atoms with Crippen LogP contribution in [-0.4, -0.2) is 34.5 Å². The molecule has 1 atom stereocenters. The Labute approximate surface area is 127 Å².